The molecule has 0 fully saturated rings. The van der Waals surface area contributed by atoms with Crippen LogP contribution in [-0.4, -0.2) is 17.6 Å². The first-order chi connectivity index (χ1) is 13.4. The molecular formula is C19H13BrF2N2O3S. The monoisotopic (exact) mass is 466 g/mol. The number of benzene rings is 2. The molecule has 9 heteroatoms. The smallest absolute Gasteiger partial charge is 0.340 e. The van der Waals surface area contributed by atoms with E-state index in [1.165, 1.54) is 10.6 Å². The summed E-state index contributed by atoms with van der Waals surface area (Å²) in [6, 6.07) is 11.8. The van der Waals surface area contributed by atoms with E-state index in [0.717, 1.165) is 31.2 Å². The minimum absolute atomic E-state index is 0.108. The fourth-order valence-electron chi connectivity index (χ4n) is 2.35. The van der Waals surface area contributed by atoms with E-state index in [9.17, 15) is 18.4 Å². The van der Waals surface area contributed by atoms with Gasteiger partial charge in [0.1, 0.15) is 11.6 Å². The molecule has 0 aliphatic heterocycles. The zero-order valence-corrected chi connectivity index (χ0v) is 16.8. The maximum Gasteiger partial charge on any atom is 0.340 e. The molecule has 5 nitrogen and oxygen atoms in total. The van der Waals surface area contributed by atoms with E-state index in [4.69, 9.17) is 0 Å². The molecule has 2 aromatic carbocycles. The Hall–Kier alpha value is -2.65. The number of methoxy groups -OCH3 is 1. The molecule has 0 aliphatic carbocycles. The van der Waals surface area contributed by atoms with Crippen LogP contribution in [0, 0.1) is 11.6 Å². The lowest BCUT2D eigenvalue weighted by Gasteiger charge is -2.10. The summed E-state index contributed by atoms with van der Waals surface area (Å²) >= 11 is 4.30. The van der Waals surface area contributed by atoms with E-state index >= 15 is 0 Å². The number of carbonyl (C=O) groups excluding carboxylic acids is 1. The molecule has 1 heterocycles. The van der Waals surface area contributed by atoms with Crippen molar-refractivity contribution in [3.8, 4) is 5.69 Å². The lowest BCUT2D eigenvalue weighted by atomic mass is 10.2. The second-order valence-corrected chi connectivity index (χ2v) is 7.35. The van der Waals surface area contributed by atoms with Crippen LogP contribution < -0.4 is 10.3 Å². The van der Waals surface area contributed by atoms with Gasteiger partial charge in [0.25, 0.3) is 5.56 Å². The number of aromatic nitrogens is 1. The number of anilines is 1. The Morgan fingerprint density at radius 3 is 2.46 bits per heavy atom. The third-order valence-electron chi connectivity index (χ3n) is 3.74. The van der Waals surface area contributed by atoms with Crippen LogP contribution in [-0.2, 0) is 4.74 Å². The summed E-state index contributed by atoms with van der Waals surface area (Å²) < 4.78 is 37.3. The van der Waals surface area contributed by atoms with Crippen LogP contribution in [0.2, 0.25) is 0 Å². The van der Waals surface area contributed by atoms with Gasteiger partial charge in [-0.1, -0.05) is 15.9 Å². The van der Waals surface area contributed by atoms with Gasteiger partial charge >= 0.3 is 5.97 Å². The molecule has 0 unspecified atom stereocenters. The van der Waals surface area contributed by atoms with Gasteiger partial charge in [0.2, 0.25) is 0 Å². The molecule has 0 radical (unpaired) electrons. The van der Waals surface area contributed by atoms with Crippen molar-refractivity contribution >= 4 is 39.5 Å². The van der Waals surface area contributed by atoms with Crippen molar-refractivity contribution in [3.63, 3.8) is 0 Å². The SMILES string of the molecule is COC(=O)c1cc(F)c(NSc2ccc(-n3ccc(Br)cc3=O)cc2)cc1F. The van der Waals surface area contributed by atoms with E-state index in [2.05, 4.69) is 25.4 Å². The van der Waals surface area contributed by atoms with Crippen LogP contribution >= 0.6 is 27.9 Å². The van der Waals surface area contributed by atoms with Crippen LogP contribution in [0.15, 0.2) is 68.9 Å². The van der Waals surface area contributed by atoms with E-state index in [1.54, 1.807) is 36.5 Å². The van der Waals surface area contributed by atoms with Crippen LogP contribution in [0.1, 0.15) is 10.4 Å². The third kappa shape index (κ3) is 4.42. The van der Waals surface area contributed by atoms with Gasteiger partial charge in [0.05, 0.1) is 18.4 Å². The van der Waals surface area contributed by atoms with Crippen LogP contribution in [0.3, 0.4) is 0 Å². The lowest BCUT2D eigenvalue weighted by Crippen LogP contribution is -2.15. The first-order valence-electron chi connectivity index (χ1n) is 7.88. The molecule has 0 spiro atoms. The minimum Gasteiger partial charge on any atom is -0.465 e. The Kier molecular flexibility index (Phi) is 6.15. The number of nitrogens with zero attached hydrogens (tertiary/aromatic N) is 1. The number of nitrogens with one attached hydrogen (secondary N) is 1. The first kappa shape index (κ1) is 20.1. The summed E-state index contributed by atoms with van der Waals surface area (Å²) in [6.07, 6.45) is 1.65. The summed E-state index contributed by atoms with van der Waals surface area (Å²) in [7, 11) is 1.09. The summed E-state index contributed by atoms with van der Waals surface area (Å²) in [5, 5.41) is 0. The molecule has 0 saturated carbocycles. The maximum absolute atomic E-state index is 14.1. The van der Waals surface area contributed by atoms with Crippen molar-refractivity contribution in [2.75, 3.05) is 11.8 Å². The number of rotatable bonds is 5. The Labute approximate surface area is 171 Å². The topological polar surface area (TPSA) is 60.3 Å². The van der Waals surface area contributed by atoms with Crippen LogP contribution in [0.25, 0.3) is 5.69 Å². The highest BCUT2D eigenvalue weighted by molar-refractivity contribution is 9.10. The molecule has 0 aliphatic rings. The van der Waals surface area contributed by atoms with Gasteiger partial charge in [-0.05, 0) is 48.3 Å². The average Bonchev–Trinajstić information content (AvgIpc) is 2.68. The van der Waals surface area contributed by atoms with Crippen molar-refractivity contribution in [2.45, 2.75) is 4.90 Å². The number of esters is 1. The predicted molar refractivity (Wildman–Crippen MR) is 107 cm³/mol. The minimum atomic E-state index is -0.950. The summed E-state index contributed by atoms with van der Waals surface area (Å²) in [6.45, 7) is 0. The van der Waals surface area contributed by atoms with Crippen LogP contribution in [0.4, 0.5) is 14.5 Å². The molecule has 3 rings (SSSR count). The van der Waals surface area contributed by atoms with Gasteiger partial charge in [-0.3, -0.25) is 9.36 Å². The standard InChI is InChI=1S/C19H13BrF2N2O3S/c1-27-19(26)14-9-16(22)17(10-15(14)21)23-28-13-4-2-12(3-5-13)24-7-6-11(20)8-18(24)25/h2-10,23H,1H3. The second kappa shape index (κ2) is 8.57. The summed E-state index contributed by atoms with van der Waals surface area (Å²) in [5.41, 5.74) is -0.0964. The van der Waals surface area contributed by atoms with Gasteiger partial charge in [-0.15, -0.1) is 0 Å². The number of ether oxygens (including phenoxy) is 1. The highest BCUT2D eigenvalue weighted by Crippen LogP contribution is 2.26. The van der Waals surface area contributed by atoms with Crippen molar-refractivity contribution in [1.82, 2.24) is 4.57 Å². The fourth-order valence-corrected chi connectivity index (χ4v) is 3.32. The van der Waals surface area contributed by atoms with Crippen molar-refractivity contribution in [1.29, 1.82) is 0 Å². The van der Waals surface area contributed by atoms with E-state index in [-0.39, 0.29) is 11.2 Å². The zero-order valence-electron chi connectivity index (χ0n) is 14.4. The Balaban J connectivity index is 1.74. The number of hydrogen-bond donors (Lipinski definition) is 1. The first-order valence-corrected chi connectivity index (χ1v) is 9.49. The Bertz CT molecular complexity index is 1090. The molecule has 28 heavy (non-hydrogen) atoms. The number of pyridine rings is 1. The highest BCUT2D eigenvalue weighted by atomic mass is 79.9. The van der Waals surface area contributed by atoms with Gasteiger partial charge in [0.15, 0.2) is 0 Å². The molecule has 0 amide bonds. The Morgan fingerprint density at radius 2 is 1.82 bits per heavy atom. The highest BCUT2D eigenvalue weighted by Gasteiger charge is 2.16. The summed E-state index contributed by atoms with van der Waals surface area (Å²) in [5.74, 6) is -2.62. The van der Waals surface area contributed by atoms with Crippen molar-refractivity contribution < 1.29 is 18.3 Å². The zero-order chi connectivity index (χ0) is 20.3. The van der Waals surface area contributed by atoms with Gasteiger partial charge in [-0.2, -0.15) is 0 Å². The quantitative estimate of drug-likeness (QED) is 0.432. The molecule has 0 saturated heterocycles. The van der Waals surface area contributed by atoms with E-state index < -0.39 is 23.2 Å². The molecule has 3 aromatic rings. The van der Waals surface area contributed by atoms with Crippen LogP contribution in [0.5, 0.6) is 0 Å². The van der Waals surface area contributed by atoms with Gasteiger partial charge in [-0.25, -0.2) is 13.6 Å². The third-order valence-corrected chi connectivity index (χ3v) is 5.06. The normalized spacial score (nSPS) is 10.6. The number of carbonyl (C=O) groups is 1. The number of hydrogen-bond acceptors (Lipinski definition) is 5. The van der Waals surface area contributed by atoms with Gasteiger partial charge in [0, 0.05) is 33.4 Å². The number of halogens is 3. The molecule has 0 atom stereocenters. The molecular weight excluding hydrogens is 454 g/mol. The molecule has 144 valence electrons. The van der Waals surface area contributed by atoms with E-state index in [1.807, 2.05) is 0 Å². The summed E-state index contributed by atoms with van der Waals surface area (Å²) in [4.78, 5) is 24.1. The molecule has 1 aromatic heterocycles. The molecule has 1 N–H and O–H groups in total. The lowest BCUT2D eigenvalue weighted by molar-refractivity contribution is 0.0595. The van der Waals surface area contributed by atoms with Gasteiger partial charge < -0.3 is 9.46 Å². The van der Waals surface area contributed by atoms with Crippen molar-refractivity contribution in [3.05, 3.63) is 86.8 Å². The predicted octanol–water partition coefficient (Wildman–Crippen LogP) is 4.78. The largest absolute Gasteiger partial charge is 0.465 e. The fraction of sp³-hybridized carbons (Fsp3) is 0.0526. The second-order valence-electron chi connectivity index (χ2n) is 5.55. The maximum atomic E-state index is 14.1. The Morgan fingerprint density at radius 1 is 1.11 bits per heavy atom. The average molecular weight is 467 g/mol. The van der Waals surface area contributed by atoms with E-state index in [0.29, 0.717) is 15.1 Å². The molecule has 0 bridgehead atoms. The van der Waals surface area contributed by atoms with Crippen molar-refractivity contribution in [2.24, 2.45) is 0 Å².